The second-order valence-electron chi connectivity index (χ2n) is 5.75. The van der Waals surface area contributed by atoms with Crippen LogP contribution < -0.4 is 5.32 Å². The number of thiazole rings is 1. The molecule has 118 valence electrons. The number of carboxylic acid groups (broad SMARTS) is 1. The van der Waals surface area contributed by atoms with E-state index in [0.717, 1.165) is 16.3 Å². The van der Waals surface area contributed by atoms with Crippen molar-refractivity contribution >= 4 is 23.2 Å². The van der Waals surface area contributed by atoms with E-state index < -0.39 is 11.4 Å². The predicted octanol–water partition coefficient (Wildman–Crippen LogP) is 2.68. The summed E-state index contributed by atoms with van der Waals surface area (Å²) >= 11 is 1.56. The van der Waals surface area contributed by atoms with Gasteiger partial charge in [-0.25, -0.2) is 4.98 Å². The highest BCUT2D eigenvalue weighted by Crippen LogP contribution is 2.22. The summed E-state index contributed by atoms with van der Waals surface area (Å²) in [5, 5.41) is 14.7. The molecule has 2 rings (SSSR count). The van der Waals surface area contributed by atoms with Crippen molar-refractivity contribution < 1.29 is 14.7 Å². The van der Waals surface area contributed by atoms with Crippen LogP contribution in [0.1, 0.15) is 35.8 Å². The number of carbonyl (C=O) groups is 2. The molecule has 22 heavy (non-hydrogen) atoms. The van der Waals surface area contributed by atoms with Gasteiger partial charge in [0.1, 0.15) is 5.69 Å². The number of H-pyrrole nitrogens is 1. The summed E-state index contributed by atoms with van der Waals surface area (Å²) in [7, 11) is 0. The van der Waals surface area contributed by atoms with E-state index in [2.05, 4.69) is 15.3 Å². The minimum absolute atomic E-state index is 0.251. The summed E-state index contributed by atoms with van der Waals surface area (Å²) in [5.74, 6) is -1.12. The molecule has 0 saturated carbocycles. The van der Waals surface area contributed by atoms with Crippen LogP contribution in [-0.4, -0.2) is 33.5 Å². The average molecular weight is 321 g/mol. The molecule has 0 spiro atoms. The molecule has 0 bridgehead atoms. The van der Waals surface area contributed by atoms with Gasteiger partial charge in [-0.3, -0.25) is 9.59 Å². The van der Waals surface area contributed by atoms with E-state index in [-0.39, 0.29) is 5.91 Å². The van der Waals surface area contributed by atoms with Crippen molar-refractivity contribution in [3.05, 3.63) is 28.3 Å². The molecular formula is C15H19N3O3S. The summed E-state index contributed by atoms with van der Waals surface area (Å²) in [6.07, 6.45) is 2.11. The molecule has 0 fully saturated rings. The highest BCUT2D eigenvalue weighted by molar-refractivity contribution is 7.09. The van der Waals surface area contributed by atoms with Crippen molar-refractivity contribution in [2.24, 2.45) is 5.41 Å². The van der Waals surface area contributed by atoms with Crippen LogP contribution in [0.15, 0.2) is 17.6 Å². The lowest BCUT2D eigenvalue weighted by atomic mass is 9.90. The van der Waals surface area contributed by atoms with E-state index in [0.29, 0.717) is 18.7 Å². The Labute approximate surface area is 132 Å². The van der Waals surface area contributed by atoms with Gasteiger partial charge < -0.3 is 15.4 Å². The first kappa shape index (κ1) is 16.2. The molecule has 0 radical (unpaired) electrons. The number of nitrogens with zero attached hydrogens (tertiary/aromatic N) is 1. The summed E-state index contributed by atoms with van der Waals surface area (Å²) in [4.78, 5) is 30.3. The van der Waals surface area contributed by atoms with Crippen LogP contribution >= 0.6 is 11.3 Å². The Morgan fingerprint density at radius 1 is 1.45 bits per heavy atom. The molecule has 0 atom stereocenters. The zero-order chi connectivity index (χ0) is 16.3. The molecule has 3 N–H and O–H groups in total. The van der Waals surface area contributed by atoms with Gasteiger partial charge in [0.25, 0.3) is 5.91 Å². The van der Waals surface area contributed by atoms with E-state index in [1.54, 1.807) is 37.4 Å². The molecular weight excluding hydrogens is 302 g/mol. The first-order valence-corrected chi connectivity index (χ1v) is 7.80. The molecule has 1 amide bonds. The predicted molar refractivity (Wildman–Crippen MR) is 85.0 cm³/mol. The number of rotatable bonds is 6. The third-order valence-electron chi connectivity index (χ3n) is 3.46. The van der Waals surface area contributed by atoms with Gasteiger partial charge in [-0.1, -0.05) is 0 Å². The number of aromatic amines is 1. The molecule has 0 unspecified atom stereocenters. The van der Waals surface area contributed by atoms with Crippen molar-refractivity contribution in [2.45, 2.75) is 27.2 Å². The quantitative estimate of drug-likeness (QED) is 0.762. The SMILES string of the molecule is Cc1nc(-c2c[nH]c(C(=O)NCCC(C)(C)C(=O)O)c2)cs1. The Bertz CT molecular complexity index is 688. The van der Waals surface area contributed by atoms with Gasteiger partial charge >= 0.3 is 5.97 Å². The maximum Gasteiger partial charge on any atom is 0.309 e. The number of hydrogen-bond acceptors (Lipinski definition) is 4. The molecule has 0 aliphatic heterocycles. The minimum Gasteiger partial charge on any atom is -0.481 e. The topological polar surface area (TPSA) is 95.1 Å². The highest BCUT2D eigenvalue weighted by atomic mass is 32.1. The monoisotopic (exact) mass is 321 g/mol. The van der Waals surface area contributed by atoms with Gasteiger partial charge in [0.15, 0.2) is 0 Å². The van der Waals surface area contributed by atoms with Crippen molar-refractivity contribution in [3.63, 3.8) is 0 Å². The molecule has 2 aromatic rings. The second kappa shape index (κ2) is 6.31. The average Bonchev–Trinajstić information content (AvgIpc) is 3.06. The van der Waals surface area contributed by atoms with Crippen LogP contribution in [0.4, 0.5) is 0 Å². The maximum absolute atomic E-state index is 12.0. The Kier molecular flexibility index (Phi) is 4.65. The van der Waals surface area contributed by atoms with Crippen molar-refractivity contribution in [1.29, 1.82) is 0 Å². The third-order valence-corrected chi connectivity index (χ3v) is 4.23. The minimum atomic E-state index is -0.872. The van der Waals surface area contributed by atoms with E-state index in [9.17, 15) is 9.59 Å². The van der Waals surface area contributed by atoms with Gasteiger partial charge in [0.05, 0.1) is 16.1 Å². The molecule has 2 heterocycles. The second-order valence-corrected chi connectivity index (χ2v) is 6.81. The zero-order valence-electron chi connectivity index (χ0n) is 12.8. The fourth-order valence-electron chi connectivity index (χ4n) is 1.86. The zero-order valence-corrected chi connectivity index (χ0v) is 13.6. The molecule has 0 saturated heterocycles. The lowest BCUT2D eigenvalue weighted by Gasteiger charge is -2.18. The van der Waals surface area contributed by atoms with E-state index in [4.69, 9.17) is 5.11 Å². The van der Waals surface area contributed by atoms with Crippen LogP contribution in [-0.2, 0) is 4.79 Å². The number of aromatic nitrogens is 2. The van der Waals surface area contributed by atoms with Gasteiger partial charge in [-0.15, -0.1) is 11.3 Å². The van der Waals surface area contributed by atoms with Crippen molar-refractivity contribution in [3.8, 4) is 11.3 Å². The van der Waals surface area contributed by atoms with Crippen LogP contribution in [0.25, 0.3) is 11.3 Å². The first-order valence-electron chi connectivity index (χ1n) is 6.92. The highest BCUT2D eigenvalue weighted by Gasteiger charge is 2.26. The summed E-state index contributed by atoms with van der Waals surface area (Å²) in [6.45, 7) is 5.51. The molecule has 0 aliphatic carbocycles. The van der Waals surface area contributed by atoms with E-state index >= 15 is 0 Å². The van der Waals surface area contributed by atoms with Gasteiger partial charge in [0.2, 0.25) is 0 Å². The van der Waals surface area contributed by atoms with Gasteiger partial charge in [-0.2, -0.15) is 0 Å². The molecule has 6 nitrogen and oxygen atoms in total. The lowest BCUT2D eigenvalue weighted by Crippen LogP contribution is -2.32. The summed E-state index contributed by atoms with van der Waals surface area (Å²) in [6, 6.07) is 1.74. The Morgan fingerprint density at radius 2 is 2.18 bits per heavy atom. The number of aliphatic carboxylic acids is 1. The largest absolute Gasteiger partial charge is 0.481 e. The third kappa shape index (κ3) is 3.73. The van der Waals surface area contributed by atoms with Crippen LogP contribution in [0.2, 0.25) is 0 Å². The lowest BCUT2D eigenvalue weighted by molar-refractivity contribution is -0.147. The molecule has 0 aliphatic rings. The Balaban J connectivity index is 1.94. The van der Waals surface area contributed by atoms with Crippen molar-refractivity contribution in [1.82, 2.24) is 15.3 Å². The number of nitrogens with one attached hydrogen (secondary N) is 2. The number of aryl methyl sites for hydroxylation is 1. The molecule has 0 aromatic carbocycles. The van der Waals surface area contributed by atoms with Crippen LogP contribution in [0.5, 0.6) is 0 Å². The number of amides is 1. The smallest absolute Gasteiger partial charge is 0.309 e. The van der Waals surface area contributed by atoms with E-state index in [1.807, 2.05) is 12.3 Å². The fraction of sp³-hybridized carbons (Fsp3) is 0.400. The fourth-order valence-corrected chi connectivity index (χ4v) is 2.48. The van der Waals surface area contributed by atoms with Gasteiger partial charge in [0, 0.05) is 23.7 Å². The normalized spacial score (nSPS) is 11.4. The first-order chi connectivity index (χ1) is 10.3. The van der Waals surface area contributed by atoms with Crippen LogP contribution in [0, 0.1) is 12.3 Å². The molecule has 2 aromatic heterocycles. The number of carboxylic acids is 1. The number of hydrogen-bond donors (Lipinski definition) is 3. The Hall–Kier alpha value is -2.15. The molecule has 7 heteroatoms. The summed E-state index contributed by atoms with van der Waals surface area (Å²) < 4.78 is 0. The van der Waals surface area contributed by atoms with Crippen molar-refractivity contribution in [2.75, 3.05) is 6.54 Å². The summed E-state index contributed by atoms with van der Waals surface area (Å²) in [5.41, 5.74) is 1.28. The van der Waals surface area contributed by atoms with Gasteiger partial charge in [-0.05, 0) is 33.3 Å². The van der Waals surface area contributed by atoms with E-state index in [1.165, 1.54) is 0 Å². The Morgan fingerprint density at radius 3 is 2.77 bits per heavy atom. The van der Waals surface area contributed by atoms with Crippen LogP contribution in [0.3, 0.4) is 0 Å². The number of carbonyl (C=O) groups excluding carboxylic acids is 1. The standard InChI is InChI=1S/C15H19N3O3S/c1-9-18-12(8-22-9)10-6-11(17-7-10)13(19)16-5-4-15(2,3)14(20)21/h6-8,17H,4-5H2,1-3H3,(H,16,19)(H,20,21). The maximum atomic E-state index is 12.0.